The molecule has 0 N–H and O–H groups in total. The Morgan fingerprint density at radius 1 is 1.73 bits per heavy atom. The first-order valence-corrected chi connectivity index (χ1v) is 4.35. The summed E-state index contributed by atoms with van der Waals surface area (Å²) in [4.78, 5) is 4.16. The number of rotatable bonds is 1. The molecule has 58 valence electrons. The third kappa shape index (κ3) is 2.02. The van der Waals surface area contributed by atoms with Gasteiger partial charge in [-0.05, 0) is 19.9 Å². The van der Waals surface area contributed by atoms with Gasteiger partial charge in [-0.3, -0.25) is 0 Å². The highest BCUT2D eigenvalue weighted by atomic mass is 32.1. The molecule has 0 fully saturated rings. The van der Waals surface area contributed by atoms with Crippen molar-refractivity contribution in [3.63, 3.8) is 0 Å². The van der Waals surface area contributed by atoms with Gasteiger partial charge in [0.2, 0.25) is 0 Å². The van der Waals surface area contributed by atoms with Crippen LogP contribution < -0.4 is 9.88 Å². The minimum atomic E-state index is 0.991. The Morgan fingerprint density at radius 2 is 2.45 bits per heavy atom. The third-order valence-corrected chi connectivity index (χ3v) is 2.20. The summed E-state index contributed by atoms with van der Waals surface area (Å²) in [7, 11) is 0. The average Bonchev–Trinajstić information content (AvgIpc) is 2.37. The van der Waals surface area contributed by atoms with Crippen LogP contribution in [0.15, 0.2) is 17.2 Å². The summed E-state index contributed by atoms with van der Waals surface area (Å²) in [5.74, 6) is 0. The van der Waals surface area contributed by atoms with Crippen LogP contribution in [0.25, 0.3) is 12.7 Å². The molecule has 0 saturated carbocycles. The Balaban J connectivity index is 3.21. The standard InChI is InChI=1S/C9H11NS/c1-4-7(2)5-9-8(3)11-6-10-9/h4-6H,3H2,1-2H3/b7-4-,9-5+. The van der Waals surface area contributed by atoms with Gasteiger partial charge in [-0.25, -0.2) is 4.98 Å². The lowest BCUT2D eigenvalue weighted by molar-refractivity contribution is 1.31. The van der Waals surface area contributed by atoms with Crippen molar-refractivity contribution in [3.8, 4) is 0 Å². The zero-order chi connectivity index (χ0) is 8.27. The van der Waals surface area contributed by atoms with Crippen molar-refractivity contribution in [1.82, 2.24) is 4.98 Å². The molecule has 0 amide bonds. The largest absolute Gasteiger partial charge is 0.245 e. The molecule has 1 rings (SSSR count). The number of thiazole rings is 1. The molecule has 0 spiro atoms. The zero-order valence-electron chi connectivity index (χ0n) is 6.79. The van der Waals surface area contributed by atoms with Gasteiger partial charge in [-0.2, -0.15) is 0 Å². The number of nitrogens with zero attached hydrogens (tertiary/aromatic N) is 1. The number of allylic oxidation sites excluding steroid dienone is 2. The topological polar surface area (TPSA) is 12.9 Å². The van der Waals surface area contributed by atoms with Crippen molar-refractivity contribution < 1.29 is 0 Å². The lowest BCUT2D eigenvalue weighted by atomic mass is 10.3. The van der Waals surface area contributed by atoms with Crippen LogP contribution in [0.2, 0.25) is 0 Å². The first-order chi connectivity index (χ1) is 5.24. The maximum absolute atomic E-state index is 4.16. The molecular weight excluding hydrogens is 154 g/mol. The SMILES string of the molecule is C=c1scn/c1=C/C(C)=C\C. The molecule has 11 heavy (non-hydrogen) atoms. The highest BCUT2D eigenvalue weighted by Crippen LogP contribution is 1.90. The molecule has 0 radical (unpaired) electrons. The summed E-state index contributed by atoms with van der Waals surface area (Å²) >= 11 is 1.58. The van der Waals surface area contributed by atoms with Crippen LogP contribution >= 0.6 is 11.3 Å². The molecule has 0 aliphatic rings. The van der Waals surface area contributed by atoms with Gasteiger partial charge in [0.15, 0.2) is 0 Å². The molecule has 1 nitrogen and oxygen atoms in total. The van der Waals surface area contributed by atoms with Gasteiger partial charge < -0.3 is 0 Å². The highest BCUT2D eigenvalue weighted by Gasteiger charge is 1.85. The summed E-state index contributed by atoms with van der Waals surface area (Å²) in [5, 5.41) is 0.991. The van der Waals surface area contributed by atoms with Gasteiger partial charge in [0, 0.05) is 4.53 Å². The molecule has 0 bridgehead atoms. The predicted molar refractivity (Wildman–Crippen MR) is 50.8 cm³/mol. The van der Waals surface area contributed by atoms with Crippen molar-refractivity contribution >= 4 is 24.0 Å². The van der Waals surface area contributed by atoms with Crippen LogP contribution in [-0.2, 0) is 0 Å². The summed E-state index contributed by atoms with van der Waals surface area (Å²) in [6.07, 6.45) is 4.09. The lowest BCUT2D eigenvalue weighted by Gasteiger charge is -1.83. The van der Waals surface area contributed by atoms with Crippen molar-refractivity contribution in [2.45, 2.75) is 13.8 Å². The molecule has 0 saturated heterocycles. The Morgan fingerprint density at radius 3 is 2.91 bits per heavy atom. The molecule has 1 aromatic rings. The van der Waals surface area contributed by atoms with Crippen molar-refractivity contribution in [1.29, 1.82) is 0 Å². The van der Waals surface area contributed by atoms with E-state index >= 15 is 0 Å². The molecule has 0 aromatic carbocycles. The van der Waals surface area contributed by atoms with Crippen LogP contribution in [-0.4, -0.2) is 4.98 Å². The third-order valence-electron chi connectivity index (χ3n) is 1.49. The van der Waals surface area contributed by atoms with Gasteiger partial charge >= 0.3 is 0 Å². The fraction of sp³-hybridized carbons (Fsp3) is 0.222. The number of aromatic nitrogens is 1. The van der Waals surface area contributed by atoms with E-state index in [0.29, 0.717) is 0 Å². The smallest absolute Gasteiger partial charge is 0.0808 e. The maximum atomic E-state index is 4.16. The van der Waals surface area contributed by atoms with Gasteiger partial charge in [0.05, 0.1) is 10.9 Å². The summed E-state index contributed by atoms with van der Waals surface area (Å²) in [6, 6.07) is 0. The number of hydrogen-bond donors (Lipinski definition) is 0. The highest BCUT2D eigenvalue weighted by molar-refractivity contribution is 7.07. The van der Waals surface area contributed by atoms with E-state index in [4.69, 9.17) is 0 Å². The molecule has 0 aliphatic carbocycles. The van der Waals surface area contributed by atoms with E-state index in [1.54, 1.807) is 11.3 Å². The van der Waals surface area contributed by atoms with Gasteiger partial charge in [-0.1, -0.05) is 18.2 Å². The quantitative estimate of drug-likeness (QED) is 0.611. The fourth-order valence-corrected chi connectivity index (χ4v) is 1.22. The molecular formula is C9H11NS. The Hall–Kier alpha value is -0.890. The van der Waals surface area contributed by atoms with Gasteiger partial charge in [-0.15, -0.1) is 11.3 Å². The molecule has 0 aliphatic heterocycles. The first kappa shape index (κ1) is 8.21. The van der Waals surface area contributed by atoms with Crippen molar-refractivity contribution in [3.05, 3.63) is 27.0 Å². The fourth-order valence-electron chi connectivity index (χ4n) is 0.696. The van der Waals surface area contributed by atoms with Gasteiger partial charge in [0.1, 0.15) is 0 Å². The normalized spacial score (nSPS) is 14.0. The lowest BCUT2D eigenvalue weighted by Crippen LogP contribution is -2.18. The zero-order valence-corrected chi connectivity index (χ0v) is 7.61. The van der Waals surface area contributed by atoms with E-state index in [0.717, 1.165) is 9.88 Å². The maximum Gasteiger partial charge on any atom is 0.0808 e. The summed E-state index contributed by atoms with van der Waals surface area (Å²) < 4.78 is 1.03. The van der Waals surface area contributed by atoms with Crippen LogP contribution in [0, 0.1) is 0 Å². The molecule has 0 atom stereocenters. The summed E-state index contributed by atoms with van der Waals surface area (Å²) in [6.45, 7) is 7.93. The Labute approximate surface area is 70.4 Å². The van der Waals surface area contributed by atoms with E-state index in [1.807, 2.05) is 18.5 Å². The Kier molecular flexibility index (Phi) is 2.60. The van der Waals surface area contributed by atoms with Crippen LogP contribution in [0.1, 0.15) is 13.8 Å². The molecule has 0 unspecified atom stereocenters. The van der Waals surface area contributed by atoms with E-state index in [1.165, 1.54) is 5.57 Å². The Bertz CT molecular complexity index is 359. The second-order valence-corrected chi connectivity index (χ2v) is 3.28. The average molecular weight is 165 g/mol. The van der Waals surface area contributed by atoms with E-state index in [-0.39, 0.29) is 0 Å². The summed E-state index contributed by atoms with van der Waals surface area (Å²) in [5.41, 5.74) is 3.04. The minimum Gasteiger partial charge on any atom is -0.245 e. The second kappa shape index (κ2) is 3.49. The van der Waals surface area contributed by atoms with Crippen molar-refractivity contribution in [2.24, 2.45) is 0 Å². The second-order valence-electron chi connectivity index (χ2n) is 2.34. The molecule has 1 aromatic heterocycles. The van der Waals surface area contributed by atoms with Crippen LogP contribution in [0.3, 0.4) is 0 Å². The van der Waals surface area contributed by atoms with Gasteiger partial charge in [0.25, 0.3) is 0 Å². The van der Waals surface area contributed by atoms with E-state index in [2.05, 4.69) is 24.6 Å². The predicted octanol–water partition coefficient (Wildman–Crippen LogP) is 1.30. The molecule has 1 heterocycles. The monoisotopic (exact) mass is 165 g/mol. The van der Waals surface area contributed by atoms with Crippen LogP contribution in [0.4, 0.5) is 0 Å². The van der Waals surface area contributed by atoms with E-state index in [9.17, 15) is 0 Å². The minimum absolute atomic E-state index is 0.991. The molecule has 2 heteroatoms. The van der Waals surface area contributed by atoms with Crippen molar-refractivity contribution in [2.75, 3.05) is 0 Å². The van der Waals surface area contributed by atoms with Crippen LogP contribution in [0.5, 0.6) is 0 Å². The first-order valence-electron chi connectivity index (χ1n) is 3.47. The van der Waals surface area contributed by atoms with E-state index < -0.39 is 0 Å². The number of hydrogen-bond acceptors (Lipinski definition) is 2.